The number of benzene rings is 2. The Labute approximate surface area is 194 Å². The Kier molecular flexibility index (Phi) is 7.22. The standard InChI is InChI=1S/C24H29N3O5S/c1-5-20(23(29)25-16(2)3)26(14-18-12-10-17(4)11-13-18)22(28)15-27-24(30)19-8-6-7-9-21(19)33(27,31)32/h6-13,16,20H,5,14-15H2,1-4H3,(H,25,29)/t20-/m1/s1. The maximum Gasteiger partial charge on any atom is 0.269 e. The number of sulfonamides is 1. The van der Waals surface area contributed by atoms with Crippen LogP contribution in [0.1, 0.15) is 48.7 Å². The van der Waals surface area contributed by atoms with Crippen LogP contribution in [0.15, 0.2) is 53.4 Å². The molecule has 2 aromatic carbocycles. The van der Waals surface area contributed by atoms with Crippen molar-refractivity contribution < 1.29 is 22.8 Å². The predicted octanol–water partition coefficient (Wildman–Crippen LogP) is 2.47. The molecule has 9 heteroatoms. The van der Waals surface area contributed by atoms with Gasteiger partial charge < -0.3 is 10.2 Å². The van der Waals surface area contributed by atoms with Crippen LogP contribution in [0.25, 0.3) is 0 Å². The monoisotopic (exact) mass is 471 g/mol. The largest absolute Gasteiger partial charge is 0.352 e. The first-order valence-electron chi connectivity index (χ1n) is 10.9. The zero-order chi connectivity index (χ0) is 24.3. The van der Waals surface area contributed by atoms with Crippen LogP contribution in [0.4, 0.5) is 0 Å². The van der Waals surface area contributed by atoms with Crippen LogP contribution >= 0.6 is 0 Å². The molecule has 2 aromatic rings. The molecule has 3 rings (SSSR count). The number of nitrogens with one attached hydrogen (secondary N) is 1. The van der Waals surface area contributed by atoms with Crippen LogP contribution in [0.5, 0.6) is 0 Å². The molecule has 0 aromatic heterocycles. The molecule has 33 heavy (non-hydrogen) atoms. The zero-order valence-electron chi connectivity index (χ0n) is 19.2. The first-order chi connectivity index (χ1) is 15.6. The van der Waals surface area contributed by atoms with Crippen LogP contribution in [0, 0.1) is 6.92 Å². The Morgan fingerprint density at radius 1 is 1.06 bits per heavy atom. The first-order valence-corrected chi connectivity index (χ1v) is 12.3. The molecule has 1 aliphatic rings. The van der Waals surface area contributed by atoms with Crippen molar-refractivity contribution in [1.82, 2.24) is 14.5 Å². The minimum atomic E-state index is -4.14. The fourth-order valence-corrected chi connectivity index (χ4v) is 5.31. The van der Waals surface area contributed by atoms with Crippen LogP contribution in [0.2, 0.25) is 0 Å². The molecule has 8 nitrogen and oxygen atoms in total. The molecule has 1 heterocycles. The van der Waals surface area contributed by atoms with E-state index in [2.05, 4.69) is 5.32 Å². The number of hydrogen-bond donors (Lipinski definition) is 1. The van der Waals surface area contributed by atoms with Crippen LogP contribution in [-0.2, 0) is 26.2 Å². The minimum Gasteiger partial charge on any atom is -0.352 e. The SMILES string of the molecule is CC[C@H](C(=O)NC(C)C)N(Cc1ccc(C)cc1)C(=O)CN1C(=O)c2ccccc2S1(=O)=O. The lowest BCUT2D eigenvalue weighted by Crippen LogP contribution is -2.53. The van der Waals surface area contributed by atoms with E-state index in [0.29, 0.717) is 10.7 Å². The first kappa shape index (κ1) is 24.4. The summed E-state index contributed by atoms with van der Waals surface area (Å²) >= 11 is 0. The van der Waals surface area contributed by atoms with E-state index in [1.54, 1.807) is 13.0 Å². The van der Waals surface area contributed by atoms with Crippen LogP contribution < -0.4 is 5.32 Å². The highest BCUT2D eigenvalue weighted by molar-refractivity contribution is 7.90. The van der Waals surface area contributed by atoms with Crippen LogP contribution in [-0.4, -0.2) is 54.0 Å². The second kappa shape index (κ2) is 9.74. The van der Waals surface area contributed by atoms with E-state index in [0.717, 1.165) is 11.1 Å². The molecule has 0 fully saturated rings. The molecule has 1 N–H and O–H groups in total. The van der Waals surface area contributed by atoms with Gasteiger partial charge in [-0.25, -0.2) is 12.7 Å². The summed E-state index contributed by atoms with van der Waals surface area (Å²) in [5.41, 5.74) is 1.89. The summed E-state index contributed by atoms with van der Waals surface area (Å²) in [4.78, 5) is 40.3. The zero-order valence-corrected chi connectivity index (χ0v) is 20.1. The van der Waals surface area contributed by atoms with E-state index in [1.165, 1.54) is 23.1 Å². The van der Waals surface area contributed by atoms with Crippen molar-refractivity contribution in [2.24, 2.45) is 0 Å². The molecule has 0 radical (unpaired) electrons. The van der Waals surface area contributed by atoms with Gasteiger partial charge in [0.15, 0.2) is 0 Å². The van der Waals surface area contributed by atoms with Gasteiger partial charge in [-0.15, -0.1) is 0 Å². The maximum atomic E-state index is 13.4. The molecule has 0 saturated heterocycles. The van der Waals surface area contributed by atoms with E-state index in [1.807, 2.05) is 45.0 Å². The van der Waals surface area contributed by atoms with Gasteiger partial charge in [-0.3, -0.25) is 14.4 Å². The van der Waals surface area contributed by atoms with Crippen LogP contribution in [0.3, 0.4) is 0 Å². The van der Waals surface area contributed by atoms with Crippen molar-refractivity contribution in [1.29, 1.82) is 0 Å². The van der Waals surface area contributed by atoms with Gasteiger partial charge in [0.2, 0.25) is 11.8 Å². The minimum absolute atomic E-state index is 0.0416. The number of rotatable bonds is 8. The summed E-state index contributed by atoms with van der Waals surface area (Å²) in [7, 11) is -4.14. The van der Waals surface area contributed by atoms with Gasteiger partial charge in [-0.2, -0.15) is 0 Å². The molecule has 3 amide bonds. The second-order valence-corrected chi connectivity index (χ2v) is 10.2. The predicted molar refractivity (Wildman–Crippen MR) is 124 cm³/mol. The number of fused-ring (bicyclic) bond motifs is 1. The summed E-state index contributed by atoms with van der Waals surface area (Å²) < 4.78 is 26.4. The van der Waals surface area contributed by atoms with Gasteiger partial charge in [0.1, 0.15) is 17.5 Å². The molecule has 0 unspecified atom stereocenters. The molecule has 0 aliphatic carbocycles. The molecular formula is C24H29N3O5S. The average molecular weight is 472 g/mol. The smallest absolute Gasteiger partial charge is 0.269 e. The number of nitrogens with zero attached hydrogens (tertiary/aromatic N) is 2. The number of amides is 3. The highest BCUT2D eigenvalue weighted by Gasteiger charge is 2.43. The fraction of sp³-hybridized carbons (Fsp3) is 0.375. The Bertz CT molecular complexity index is 1160. The summed E-state index contributed by atoms with van der Waals surface area (Å²) in [6.07, 6.45) is 0.330. The number of carbonyl (C=O) groups is 3. The second-order valence-electron chi connectivity index (χ2n) is 8.41. The van der Waals surface area contributed by atoms with E-state index in [-0.39, 0.29) is 29.0 Å². The Morgan fingerprint density at radius 3 is 2.27 bits per heavy atom. The Hall–Kier alpha value is -3.20. The lowest BCUT2D eigenvalue weighted by atomic mass is 10.1. The summed E-state index contributed by atoms with van der Waals surface area (Å²) in [5.74, 6) is -1.69. The molecule has 0 saturated carbocycles. The van der Waals surface area contributed by atoms with Gasteiger partial charge in [-0.1, -0.05) is 48.9 Å². The Morgan fingerprint density at radius 2 is 1.70 bits per heavy atom. The topological polar surface area (TPSA) is 104 Å². The van der Waals surface area contributed by atoms with Gasteiger partial charge in [0.25, 0.3) is 15.9 Å². The van der Waals surface area contributed by atoms with Gasteiger partial charge >= 0.3 is 0 Å². The highest BCUT2D eigenvalue weighted by atomic mass is 32.2. The normalized spacial score (nSPS) is 15.3. The third-order valence-electron chi connectivity index (χ3n) is 5.48. The molecule has 176 valence electrons. The van der Waals surface area contributed by atoms with Crippen molar-refractivity contribution in [3.63, 3.8) is 0 Å². The van der Waals surface area contributed by atoms with Crippen molar-refractivity contribution in [2.75, 3.05) is 6.54 Å². The van der Waals surface area contributed by atoms with E-state index in [9.17, 15) is 22.8 Å². The molecular weight excluding hydrogens is 442 g/mol. The summed E-state index contributed by atoms with van der Waals surface area (Å²) in [6, 6.07) is 12.5. The Balaban J connectivity index is 1.92. The van der Waals surface area contributed by atoms with Crippen molar-refractivity contribution in [3.8, 4) is 0 Å². The highest BCUT2D eigenvalue weighted by Crippen LogP contribution is 2.30. The third-order valence-corrected chi connectivity index (χ3v) is 7.27. The van der Waals surface area contributed by atoms with Crippen molar-refractivity contribution in [2.45, 2.75) is 57.6 Å². The molecule has 1 atom stereocenters. The lowest BCUT2D eigenvalue weighted by molar-refractivity contribution is -0.141. The van der Waals surface area contributed by atoms with Crippen molar-refractivity contribution >= 4 is 27.7 Å². The maximum absolute atomic E-state index is 13.4. The lowest BCUT2D eigenvalue weighted by Gasteiger charge is -2.32. The van der Waals surface area contributed by atoms with E-state index < -0.39 is 34.4 Å². The van der Waals surface area contributed by atoms with Gasteiger partial charge in [0.05, 0.1) is 5.56 Å². The fourth-order valence-electron chi connectivity index (χ4n) is 3.79. The quantitative estimate of drug-likeness (QED) is 0.637. The third kappa shape index (κ3) is 5.08. The molecule has 0 spiro atoms. The molecule has 1 aliphatic heterocycles. The number of hydrogen-bond acceptors (Lipinski definition) is 5. The molecule has 0 bridgehead atoms. The number of carbonyl (C=O) groups excluding carboxylic acids is 3. The average Bonchev–Trinajstić information content (AvgIpc) is 2.95. The summed E-state index contributed by atoms with van der Waals surface area (Å²) in [5, 5.41) is 2.83. The van der Waals surface area contributed by atoms with E-state index >= 15 is 0 Å². The van der Waals surface area contributed by atoms with Gasteiger partial charge in [-0.05, 0) is 44.9 Å². The van der Waals surface area contributed by atoms with E-state index in [4.69, 9.17) is 0 Å². The number of aryl methyl sites for hydroxylation is 1. The van der Waals surface area contributed by atoms with Gasteiger partial charge in [0, 0.05) is 12.6 Å². The van der Waals surface area contributed by atoms with Crippen molar-refractivity contribution in [3.05, 3.63) is 65.2 Å². The summed E-state index contributed by atoms with van der Waals surface area (Å²) in [6.45, 7) is 6.81.